The lowest BCUT2D eigenvalue weighted by Gasteiger charge is -2.14. The second kappa shape index (κ2) is 5.64. The summed E-state index contributed by atoms with van der Waals surface area (Å²) < 4.78 is 10.2. The summed E-state index contributed by atoms with van der Waals surface area (Å²) in [5, 5.41) is 3.41. The van der Waals surface area contributed by atoms with Crippen LogP contribution in [0.4, 0.5) is 5.69 Å². The first-order valence-electron chi connectivity index (χ1n) is 7.24. The fraction of sp³-hybridized carbons (Fsp3) is 0.353. The summed E-state index contributed by atoms with van der Waals surface area (Å²) in [5.41, 5.74) is 3.97. The maximum absolute atomic E-state index is 11.4. The fourth-order valence-corrected chi connectivity index (χ4v) is 2.78. The Morgan fingerprint density at radius 3 is 2.86 bits per heavy atom. The number of ether oxygens (including phenoxy) is 1. The molecule has 1 unspecified atom stereocenters. The first-order valence-corrected chi connectivity index (χ1v) is 7.24. The number of nitrogens with one attached hydrogen (secondary N) is 1. The molecule has 110 valence electrons. The molecule has 0 amide bonds. The molecule has 21 heavy (non-hydrogen) atoms. The molecule has 0 saturated heterocycles. The molecular formula is C17H19NO3. The largest absolute Gasteiger partial charge is 0.463 e. The number of furan rings is 1. The van der Waals surface area contributed by atoms with Gasteiger partial charge in [-0.05, 0) is 61.6 Å². The SMILES string of the molecule is COC(=O)c1ccc(C(C)Nc2ccc3c(c2)CCC3)o1. The second-order valence-electron chi connectivity index (χ2n) is 5.40. The summed E-state index contributed by atoms with van der Waals surface area (Å²) in [4.78, 5) is 11.4. The Morgan fingerprint density at radius 2 is 2.05 bits per heavy atom. The van der Waals surface area contributed by atoms with E-state index in [9.17, 15) is 4.79 Å². The first-order chi connectivity index (χ1) is 10.2. The summed E-state index contributed by atoms with van der Waals surface area (Å²) >= 11 is 0. The Morgan fingerprint density at radius 1 is 1.24 bits per heavy atom. The minimum atomic E-state index is -0.453. The highest BCUT2D eigenvalue weighted by Gasteiger charge is 2.16. The van der Waals surface area contributed by atoms with E-state index in [-0.39, 0.29) is 11.8 Å². The average molecular weight is 285 g/mol. The molecule has 0 bridgehead atoms. The molecule has 0 aliphatic heterocycles. The van der Waals surface area contributed by atoms with Gasteiger partial charge in [0.15, 0.2) is 0 Å². The maximum atomic E-state index is 11.4. The Balaban J connectivity index is 1.72. The van der Waals surface area contributed by atoms with Gasteiger partial charge in [0.25, 0.3) is 0 Å². The van der Waals surface area contributed by atoms with Gasteiger partial charge in [0.1, 0.15) is 5.76 Å². The molecule has 1 aliphatic rings. The zero-order valence-electron chi connectivity index (χ0n) is 12.3. The van der Waals surface area contributed by atoms with Crippen LogP contribution in [-0.2, 0) is 17.6 Å². The van der Waals surface area contributed by atoms with Crippen LogP contribution in [0.1, 0.15) is 46.8 Å². The molecule has 1 aliphatic carbocycles. The lowest BCUT2D eigenvalue weighted by Crippen LogP contribution is -2.06. The average Bonchev–Trinajstić information content (AvgIpc) is 3.14. The van der Waals surface area contributed by atoms with Crippen molar-refractivity contribution in [3.05, 3.63) is 53.0 Å². The number of benzene rings is 1. The van der Waals surface area contributed by atoms with Crippen molar-refractivity contribution in [2.24, 2.45) is 0 Å². The number of hydrogen-bond donors (Lipinski definition) is 1. The lowest BCUT2D eigenvalue weighted by atomic mass is 10.1. The van der Waals surface area contributed by atoms with Crippen LogP contribution in [0.5, 0.6) is 0 Å². The summed E-state index contributed by atoms with van der Waals surface area (Å²) in [6, 6.07) is 9.94. The molecule has 0 saturated carbocycles. The number of carbonyl (C=O) groups is 1. The van der Waals surface area contributed by atoms with Crippen molar-refractivity contribution in [2.45, 2.75) is 32.2 Å². The van der Waals surface area contributed by atoms with E-state index in [1.807, 2.05) is 6.92 Å². The third-order valence-corrected chi connectivity index (χ3v) is 3.92. The number of hydrogen-bond acceptors (Lipinski definition) is 4. The minimum Gasteiger partial charge on any atom is -0.463 e. The van der Waals surface area contributed by atoms with E-state index in [0.29, 0.717) is 0 Å². The van der Waals surface area contributed by atoms with Crippen LogP contribution in [-0.4, -0.2) is 13.1 Å². The van der Waals surface area contributed by atoms with Crippen LogP contribution < -0.4 is 5.32 Å². The van der Waals surface area contributed by atoms with Crippen LogP contribution in [0.2, 0.25) is 0 Å². The fourth-order valence-electron chi connectivity index (χ4n) is 2.78. The molecule has 3 rings (SSSR count). The van der Waals surface area contributed by atoms with E-state index < -0.39 is 5.97 Å². The topological polar surface area (TPSA) is 51.5 Å². The molecule has 1 N–H and O–H groups in total. The van der Waals surface area contributed by atoms with Gasteiger partial charge in [-0.3, -0.25) is 0 Å². The van der Waals surface area contributed by atoms with E-state index in [1.165, 1.54) is 31.1 Å². The molecule has 1 aromatic heterocycles. The molecule has 1 heterocycles. The zero-order chi connectivity index (χ0) is 14.8. The Labute approximate surface area is 124 Å². The quantitative estimate of drug-likeness (QED) is 0.870. The molecule has 4 nitrogen and oxygen atoms in total. The van der Waals surface area contributed by atoms with Crippen LogP contribution in [0.25, 0.3) is 0 Å². The van der Waals surface area contributed by atoms with E-state index in [4.69, 9.17) is 4.42 Å². The van der Waals surface area contributed by atoms with Gasteiger partial charge in [0.05, 0.1) is 13.2 Å². The highest BCUT2D eigenvalue weighted by Crippen LogP contribution is 2.27. The van der Waals surface area contributed by atoms with Crippen molar-refractivity contribution in [3.8, 4) is 0 Å². The standard InChI is InChI=1S/C17H19NO3/c1-11(15-8-9-16(21-15)17(19)20-2)18-14-7-6-12-4-3-5-13(12)10-14/h6-11,18H,3-5H2,1-2H3. The van der Waals surface area contributed by atoms with E-state index in [2.05, 4.69) is 28.3 Å². The van der Waals surface area contributed by atoms with Gasteiger partial charge < -0.3 is 14.5 Å². The Kier molecular flexibility index (Phi) is 3.69. The van der Waals surface area contributed by atoms with Crippen molar-refractivity contribution < 1.29 is 13.9 Å². The molecular weight excluding hydrogens is 266 g/mol. The predicted octanol–water partition coefficient (Wildman–Crippen LogP) is 3.73. The first kappa shape index (κ1) is 13.7. The highest BCUT2D eigenvalue weighted by atomic mass is 16.5. The molecule has 2 aromatic rings. The molecule has 0 fully saturated rings. The van der Waals surface area contributed by atoms with Crippen molar-refractivity contribution in [1.29, 1.82) is 0 Å². The maximum Gasteiger partial charge on any atom is 0.373 e. The van der Waals surface area contributed by atoms with Gasteiger partial charge in [0, 0.05) is 5.69 Å². The normalized spacial score (nSPS) is 14.6. The number of methoxy groups -OCH3 is 1. The smallest absolute Gasteiger partial charge is 0.373 e. The van der Waals surface area contributed by atoms with Crippen LogP contribution in [0.3, 0.4) is 0 Å². The number of aryl methyl sites for hydroxylation is 2. The third-order valence-electron chi connectivity index (χ3n) is 3.92. The van der Waals surface area contributed by atoms with Crippen molar-refractivity contribution >= 4 is 11.7 Å². The zero-order valence-corrected chi connectivity index (χ0v) is 12.3. The van der Waals surface area contributed by atoms with Crippen molar-refractivity contribution in [1.82, 2.24) is 0 Å². The van der Waals surface area contributed by atoms with Gasteiger partial charge in [-0.2, -0.15) is 0 Å². The van der Waals surface area contributed by atoms with Gasteiger partial charge in [-0.15, -0.1) is 0 Å². The van der Waals surface area contributed by atoms with E-state index >= 15 is 0 Å². The van der Waals surface area contributed by atoms with Crippen molar-refractivity contribution in [2.75, 3.05) is 12.4 Å². The van der Waals surface area contributed by atoms with Crippen LogP contribution in [0, 0.1) is 0 Å². The van der Waals surface area contributed by atoms with E-state index in [1.54, 1.807) is 12.1 Å². The minimum absolute atomic E-state index is 0.0112. The predicted molar refractivity (Wildman–Crippen MR) is 80.6 cm³/mol. The highest BCUT2D eigenvalue weighted by molar-refractivity contribution is 5.86. The molecule has 4 heteroatoms. The second-order valence-corrected chi connectivity index (χ2v) is 5.40. The van der Waals surface area contributed by atoms with Crippen molar-refractivity contribution in [3.63, 3.8) is 0 Å². The number of rotatable bonds is 4. The Bertz CT molecular complexity index is 660. The number of carbonyl (C=O) groups excluding carboxylic acids is 1. The summed E-state index contributed by atoms with van der Waals surface area (Å²) in [5.74, 6) is 0.497. The molecule has 1 atom stereocenters. The molecule has 0 radical (unpaired) electrons. The van der Waals surface area contributed by atoms with Crippen LogP contribution >= 0.6 is 0 Å². The van der Waals surface area contributed by atoms with Crippen LogP contribution in [0.15, 0.2) is 34.7 Å². The summed E-state index contributed by atoms with van der Waals surface area (Å²) in [7, 11) is 1.34. The summed E-state index contributed by atoms with van der Waals surface area (Å²) in [6.45, 7) is 2.01. The number of esters is 1. The van der Waals surface area contributed by atoms with Gasteiger partial charge >= 0.3 is 5.97 Å². The Hall–Kier alpha value is -2.23. The van der Waals surface area contributed by atoms with Gasteiger partial charge in [-0.25, -0.2) is 4.79 Å². The van der Waals surface area contributed by atoms with Gasteiger partial charge in [0.2, 0.25) is 5.76 Å². The number of anilines is 1. The number of fused-ring (bicyclic) bond motifs is 1. The monoisotopic (exact) mass is 285 g/mol. The molecule has 0 spiro atoms. The van der Waals surface area contributed by atoms with E-state index in [0.717, 1.165) is 17.9 Å². The third kappa shape index (κ3) is 2.79. The lowest BCUT2D eigenvalue weighted by molar-refractivity contribution is 0.0562. The molecule has 1 aromatic carbocycles. The van der Waals surface area contributed by atoms with Gasteiger partial charge in [-0.1, -0.05) is 6.07 Å². The summed E-state index contributed by atoms with van der Waals surface area (Å²) in [6.07, 6.45) is 3.59.